The molecule has 0 radical (unpaired) electrons. The van der Waals surface area contributed by atoms with Crippen molar-refractivity contribution in [2.75, 3.05) is 26.2 Å². The largest absolute Gasteiger partial charge is 0.494 e. The SMILES string of the molecule is CC(C)CC(=O)Cn1c(-c2cccc(Cl)c2)cc2cc(OCCCN3CCC(O)CC3)ccc21. The highest BCUT2D eigenvalue weighted by Gasteiger charge is 2.17. The van der Waals surface area contributed by atoms with Gasteiger partial charge in [-0.3, -0.25) is 4.79 Å². The number of ether oxygens (including phenoxy) is 1. The van der Waals surface area contributed by atoms with E-state index in [1.807, 2.05) is 36.4 Å². The Kier molecular flexibility index (Phi) is 8.30. The third-order valence-electron chi connectivity index (χ3n) is 6.41. The van der Waals surface area contributed by atoms with Crippen LogP contribution in [0.1, 0.15) is 39.5 Å². The lowest BCUT2D eigenvalue weighted by Gasteiger charge is -2.29. The maximum atomic E-state index is 12.7. The van der Waals surface area contributed by atoms with Crippen LogP contribution >= 0.6 is 11.6 Å². The van der Waals surface area contributed by atoms with Gasteiger partial charge >= 0.3 is 0 Å². The van der Waals surface area contributed by atoms with E-state index in [1.165, 1.54) is 0 Å². The van der Waals surface area contributed by atoms with E-state index in [0.717, 1.165) is 66.8 Å². The normalized spacial score (nSPS) is 15.3. The molecule has 0 unspecified atom stereocenters. The van der Waals surface area contributed by atoms with Crippen LogP contribution < -0.4 is 4.74 Å². The maximum absolute atomic E-state index is 12.7. The lowest BCUT2D eigenvalue weighted by atomic mass is 10.1. The average molecular weight is 483 g/mol. The number of hydrogen-bond acceptors (Lipinski definition) is 4. The summed E-state index contributed by atoms with van der Waals surface area (Å²) in [5, 5.41) is 11.4. The molecule has 0 aliphatic carbocycles. The second-order valence-corrected chi connectivity index (χ2v) is 10.2. The lowest BCUT2D eigenvalue weighted by Crippen LogP contribution is -2.36. The van der Waals surface area contributed by atoms with Crippen LogP contribution in [0.3, 0.4) is 0 Å². The number of carbonyl (C=O) groups is 1. The maximum Gasteiger partial charge on any atom is 0.152 e. The van der Waals surface area contributed by atoms with Crippen molar-refractivity contribution >= 4 is 28.3 Å². The summed E-state index contributed by atoms with van der Waals surface area (Å²) in [7, 11) is 0. The minimum atomic E-state index is -0.135. The smallest absolute Gasteiger partial charge is 0.152 e. The topological polar surface area (TPSA) is 54.7 Å². The van der Waals surface area contributed by atoms with E-state index in [9.17, 15) is 9.90 Å². The number of likely N-dealkylation sites (tertiary alicyclic amines) is 1. The molecule has 34 heavy (non-hydrogen) atoms. The van der Waals surface area contributed by atoms with Gasteiger partial charge < -0.3 is 19.3 Å². The van der Waals surface area contributed by atoms with Gasteiger partial charge in [0.15, 0.2) is 5.78 Å². The summed E-state index contributed by atoms with van der Waals surface area (Å²) in [5.41, 5.74) is 3.00. The van der Waals surface area contributed by atoms with Crippen LogP contribution in [0.4, 0.5) is 0 Å². The van der Waals surface area contributed by atoms with Gasteiger partial charge in [-0.15, -0.1) is 0 Å². The molecule has 3 aromatic rings. The molecule has 0 atom stereocenters. The van der Waals surface area contributed by atoms with Gasteiger partial charge in [-0.2, -0.15) is 0 Å². The summed E-state index contributed by atoms with van der Waals surface area (Å²) in [5.74, 6) is 1.39. The number of hydrogen-bond donors (Lipinski definition) is 1. The molecule has 0 saturated carbocycles. The van der Waals surface area contributed by atoms with E-state index >= 15 is 0 Å². The monoisotopic (exact) mass is 482 g/mol. The molecule has 5 nitrogen and oxygen atoms in total. The van der Waals surface area contributed by atoms with Crippen LogP contribution in [0.5, 0.6) is 5.75 Å². The molecule has 0 bridgehead atoms. The molecular weight excluding hydrogens is 448 g/mol. The number of piperidine rings is 1. The number of aliphatic hydroxyl groups excluding tert-OH is 1. The van der Waals surface area contributed by atoms with Crippen molar-refractivity contribution in [1.82, 2.24) is 9.47 Å². The minimum Gasteiger partial charge on any atom is -0.494 e. The predicted octanol–water partition coefficient (Wildman–Crippen LogP) is 5.80. The third kappa shape index (κ3) is 6.41. The molecular formula is C28H35ClN2O3. The number of Topliss-reactive ketones (excluding diaryl/α,β-unsaturated/α-hetero) is 1. The van der Waals surface area contributed by atoms with E-state index in [2.05, 4.69) is 35.4 Å². The van der Waals surface area contributed by atoms with Crippen LogP contribution in [-0.2, 0) is 11.3 Å². The second-order valence-electron chi connectivity index (χ2n) is 9.76. The Balaban J connectivity index is 1.49. The van der Waals surface area contributed by atoms with Gasteiger partial charge in [0.1, 0.15) is 5.75 Å². The molecule has 182 valence electrons. The second kappa shape index (κ2) is 11.4. The Morgan fingerprint density at radius 3 is 2.68 bits per heavy atom. The van der Waals surface area contributed by atoms with Crippen LogP contribution in [-0.4, -0.2) is 52.7 Å². The Hall–Kier alpha value is -2.34. The van der Waals surface area contributed by atoms with Gasteiger partial charge in [0.25, 0.3) is 0 Å². The molecule has 1 aliphatic heterocycles. The minimum absolute atomic E-state index is 0.135. The van der Waals surface area contributed by atoms with Crippen molar-refractivity contribution in [3.05, 3.63) is 53.6 Å². The fraction of sp³-hybridized carbons (Fsp3) is 0.464. The number of rotatable bonds is 10. The van der Waals surface area contributed by atoms with E-state index in [0.29, 0.717) is 30.5 Å². The summed E-state index contributed by atoms with van der Waals surface area (Å²) in [6.07, 6.45) is 3.11. The van der Waals surface area contributed by atoms with Gasteiger partial charge in [0, 0.05) is 47.7 Å². The highest BCUT2D eigenvalue weighted by Crippen LogP contribution is 2.32. The number of aliphatic hydroxyl groups is 1. The molecule has 0 spiro atoms. The zero-order chi connectivity index (χ0) is 24.1. The van der Waals surface area contributed by atoms with Gasteiger partial charge in [-0.05, 0) is 67.1 Å². The predicted molar refractivity (Wildman–Crippen MR) is 139 cm³/mol. The zero-order valence-corrected chi connectivity index (χ0v) is 20.9. The molecule has 2 aromatic carbocycles. The summed E-state index contributed by atoms with van der Waals surface area (Å²) in [6.45, 7) is 8.05. The van der Waals surface area contributed by atoms with Crippen molar-refractivity contribution in [3.63, 3.8) is 0 Å². The first-order valence-electron chi connectivity index (χ1n) is 12.3. The fourth-order valence-corrected chi connectivity index (χ4v) is 4.90. The van der Waals surface area contributed by atoms with E-state index in [-0.39, 0.29) is 11.9 Å². The quantitative estimate of drug-likeness (QED) is 0.371. The average Bonchev–Trinajstić information content (AvgIpc) is 3.15. The van der Waals surface area contributed by atoms with Crippen LogP contribution in [0.15, 0.2) is 48.5 Å². The first-order valence-corrected chi connectivity index (χ1v) is 12.7. The van der Waals surface area contributed by atoms with Gasteiger partial charge in [-0.1, -0.05) is 37.6 Å². The number of ketones is 1. The van der Waals surface area contributed by atoms with Gasteiger partial charge in [0.2, 0.25) is 0 Å². The summed E-state index contributed by atoms with van der Waals surface area (Å²) >= 11 is 6.27. The van der Waals surface area contributed by atoms with Crippen LogP contribution in [0.2, 0.25) is 5.02 Å². The Bertz CT molecular complexity index is 1120. The van der Waals surface area contributed by atoms with Crippen LogP contribution in [0, 0.1) is 5.92 Å². The molecule has 1 N–H and O–H groups in total. The Labute approximate surface area is 207 Å². The van der Waals surface area contributed by atoms with E-state index < -0.39 is 0 Å². The van der Waals surface area contributed by atoms with Crippen molar-refractivity contribution in [2.24, 2.45) is 5.92 Å². The van der Waals surface area contributed by atoms with E-state index in [1.54, 1.807) is 0 Å². The summed E-state index contributed by atoms with van der Waals surface area (Å²) in [6, 6.07) is 16.0. The first-order chi connectivity index (χ1) is 16.4. The van der Waals surface area contributed by atoms with Gasteiger partial charge in [0.05, 0.1) is 19.3 Å². The fourth-order valence-electron chi connectivity index (χ4n) is 4.71. The number of carbonyl (C=O) groups excluding carboxylic acids is 1. The standard InChI is InChI=1S/C28H35ClN2O3/c1-20(2)15-25(33)19-31-27-8-7-26(34-14-4-11-30-12-9-24(32)10-13-30)17-22(27)18-28(31)21-5-3-6-23(29)16-21/h3,5-8,16-18,20,24,32H,4,9-15,19H2,1-2H3. The molecule has 1 aromatic heterocycles. The van der Waals surface area contributed by atoms with E-state index in [4.69, 9.17) is 16.3 Å². The van der Waals surface area contributed by atoms with Crippen molar-refractivity contribution in [2.45, 2.75) is 52.2 Å². The molecule has 1 saturated heterocycles. The highest BCUT2D eigenvalue weighted by atomic mass is 35.5. The molecule has 4 rings (SSSR count). The number of nitrogens with zero attached hydrogens (tertiary/aromatic N) is 2. The Morgan fingerprint density at radius 2 is 1.94 bits per heavy atom. The molecule has 6 heteroatoms. The number of fused-ring (bicyclic) bond motifs is 1. The summed E-state index contributed by atoms with van der Waals surface area (Å²) in [4.78, 5) is 15.1. The van der Waals surface area contributed by atoms with Gasteiger partial charge in [-0.25, -0.2) is 0 Å². The first kappa shape index (κ1) is 24.8. The lowest BCUT2D eigenvalue weighted by molar-refractivity contribution is -0.120. The van der Waals surface area contributed by atoms with Crippen molar-refractivity contribution < 1.29 is 14.6 Å². The molecule has 2 heterocycles. The van der Waals surface area contributed by atoms with Crippen molar-refractivity contribution in [3.8, 4) is 17.0 Å². The zero-order valence-electron chi connectivity index (χ0n) is 20.2. The number of benzene rings is 2. The molecule has 1 aliphatic rings. The molecule has 0 amide bonds. The third-order valence-corrected chi connectivity index (χ3v) is 6.64. The number of halogens is 1. The Morgan fingerprint density at radius 1 is 1.15 bits per heavy atom. The number of aromatic nitrogens is 1. The highest BCUT2D eigenvalue weighted by molar-refractivity contribution is 6.30. The van der Waals surface area contributed by atoms with Crippen molar-refractivity contribution in [1.29, 1.82) is 0 Å². The van der Waals surface area contributed by atoms with Crippen LogP contribution in [0.25, 0.3) is 22.2 Å². The summed E-state index contributed by atoms with van der Waals surface area (Å²) < 4.78 is 8.16. The molecule has 1 fully saturated rings.